The van der Waals surface area contributed by atoms with E-state index in [0.29, 0.717) is 10.7 Å². The molecule has 3 nitrogen and oxygen atoms in total. The fourth-order valence-corrected chi connectivity index (χ4v) is 2.11. The molecule has 0 saturated heterocycles. The molecule has 0 N–H and O–H groups in total. The second-order valence-corrected chi connectivity index (χ2v) is 4.32. The van der Waals surface area contributed by atoms with Crippen molar-refractivity contribution in [2.24, 2.45) is 7.05 Å². The number of esters is 1. The average Bonchev–Trinajstić information content (AvgIpc) is 2.72. The Balaban J connectivity index is 3.71. The lowest BCUT2D eigenvalue weighted by Crippen LogP contribution is -2.30. The number of ether oxygens (including phenoxy) is 1. The smallest absolute Gasteiger partial charge is 0.354 e. The summed E-state index contributed by atoms with van der Waals surface area (Å²) >= 11 is 6.33. The molecule has 0 aromatic carbocycles. The maximum absolute atomic E-state index is 11.6. The molecule has 18 heavy (non-hydrogen) atoms. The summed E-state index contributed by atoms with van der Waals surface area (Å²) in [7, 11) is 3.15. The van der Waals surface area contributed by atoms with Crippen LogP contribution in [0.5, 0.6) is 0 Å². The van der Waals surface area contributed by atoms with Crippen molar-refractivity contribution in [2.45, 2.75) is 20.3 Å². The maximum Gasteiger partial charge on any atom is 0.354 e. The lowest BCUT2D eigenvalue weighted by molar-refractivity contribution is 0.0589. The van der Waals surface area contributed by atoms with Gasteiger partial charge in [0.05, 0.1) is 17.5 Å². The second kappa shape index (κ2) is 5.91. The monoisotopic (exact) mass is 267 g/mol. The molecule has 0 unspecified atom stereocenters. The van der Waals surface area contributed by atoms with Crippen molar-refractivity contribution in [3.8, 4) is 0 Å². The van der Waals surface area contributed by atoms with Gasteiger partial charge in [-0.25, -0.2) is 4.79 Å². The Kier molecular flexibility index (Phi) is 4.79. The summed E-state index contributed by atoms with van der Waals surface area (Å²) < 4.78 is 6.49. The first-order chi connectivity index (χ1) is 8.47. The average molecular weight is 268 g/mol. The van der Waals surface area contributed by atoms with Gasteiger partial charge < -0.3 is 9.30 Å². The quantitative estimate of drug-likeness (QED) is 0.784. The number of methoxy groups -OCH3 is 1. The van der Waals surface area contributed by atoms with Gasteiger partial charge in [-0.3, -0.25) is 0 Å². The topological polar surface area (TPSA) is 31.2 Å². The predicted octanol–water partition coefficient (Wildman–Crippen LogP) is 1.93. The molecule has 1 aromatic rings. The van der Waals surface area contributed by atoms with Crippen molar-refractivity contribution >= 4 is 28.7 Å². The zero-order valence-corrected chi connectivity index (χ0v) is 12.0. The van der Waals surface area contributed by atoms with Crippen LogP contribution in [0, 0.1) is 0 Å². The molecule has 1 aromatic heterocycles. The van der Waals surface area contributed by atoms with E-state index in [1.807, 2.05) is 19.9 Å². The highest BCUT2D eigenvalue weighted by Crippen LogP contribution is 2.15. The molecule has 0 spiro atoms. The minimum Gasteiger partial charge on any atom is -0.464 e. The Morgan fingerprint density at radius 1 is 1.61 bits per heavy atom. The molecule has 0 bridgehead atoms. The molecule has 4 heteroatoms. The van der Waals surface area contributed by atoms with E-state index < -0.39 is 0 Å². The fraction of sp³-hybridized carbons (Fsp3) is 0.357. The van der Waals surface area contributed by atoms with Gasteiger partial charge >= 0.3 is 5.97 Å². The summed E-state index contributed by atoms with van der Waals surface area (Å²) in [4.78, 5) is 11.6. The first-order valence-electron chi connectivity index (χ1n) is 5.76. The van der Waals surface area contributed by atoms with E-state index >= 15 is 0 Å². The summed E-state index contributed by atoms with van der Waals surface area (Å²) in [6, 6.07) is 1.77. The predicted molar refractivity (Wildman–Crippen MR) is 74.8 cm³/mol. The molecule has 0 amide bonds. The van der Waals surface area contributed by atoms with Crippen molar-refractivity contribution in [1.82, 2.24) is 4.57 Å². The maximum atomic E-state index is 11.6. The van der Waals surface area contributed by atoms with Gasteiger partial charge in [0.25, 0.3) is 0 Å². The van der Waals surface area contributed by atoms with Gasteiger partial charge in [-0.15, -0.1) is 0 Å². The highest BCUT2D eigenvalue weighted by Gasteiger charge is 2.13. The van der Waals surface area contributed by atoms with Gasteiger partial charge in [-0.05, 0) is 30.2 Å². The number of hydrogen-bond donors (Lipinski definition) is 0. The zero-order chi connectivity index (χ0) is 13.9. The molecule has 1 heterocycles. The van der Waals surface area contributed by atoms with E-state index in [1.54, 1.807) is 17.7 Å². The number of halogens is 1. The number of carbonyl (C=O) groups is 1. The second-order valence-electron chi connectivity index (χ2n) is 3.94. The number of carbonyl (C=O) groups excluding carboxylic acids is 1. The number of aromatic nitrogens is 1. The molecular weight excluding hydrogens is 250 g/mol. The number of allylic oxidation sites excluding steroid dienone is 1. The SMILES string of the molecule is C=C(CC)/C(Cl)=c1\c(=C/C)cc(C(=O)OC)n1C. The van der Waals surface area contributed by atoms with Gasteiger partial charge in [-0.2, -0.15) is 0 Å². The minimum absolute atomic E-state index is 0.376. The van der Waals surface area contributed by atoms with Crippen LogP contribution in [0.2, 0.25) is 0 Å². The highest BCUT2D eigenvalue weighted by molar-refractivity contribution is 6.48. The van der Waals surface area contributed by atoms with Crippen LogP contribution in [0.25, 0.3) is 11.1 Å². The number of hydrogen-bond acceptors (Lipinski definition) is 2. The Labute approximate surface area is 112 Å². The largest absolute Gasteiger partial charge is 0.464 e. The van der Waals surface area contributed by atoms with Crippen LogP contribution in [0.1, 0.15) is 30.8 Å². The first-order valence-corrected chi connectivity index (χ1v) is 6.14. The lowest BCUT2D eigenvalue weighted by atomic mass is 10.2. The molecule has 98 valence electrons. The normalized spacial score (nSPS) is 13.5. The highest BCUT2D eigenvalue weighted by atomic mass is 35.5. The first kappa shape index (κ1) is 14.6. The van der Waals surface area contributed by atoms with Crippen LogP contribution in [-0.2, 0) is 11.8 Å². The number of rotatable bonds is 3. The third kappa shape index (κ3) is 2.51. The van der Waals surface area contributed by atoms with Crippen molar-refractivity contribution in [3.63, 3.8) is 0 Å². The fourth-order valence-electron chi connectivity index (χ4n) is 1.74. The molecule has 1 rings (SSSR count). The van der Waals surface area contributed by atoms with Crippen LogP contribution in [0.15, 0.2) is 18.2 Å². The van der Waals surface area contributed by atoms with E-state index in [1.165, 1.54) is 7.11 Å². The number of nitrogens with zero attached hydrogens (tertiary/aromatic N) is 1. The van der Waals surface area contributed by atoms with Crippen molar-refractivity contribution in [1.29, 1.82) is 0 Å². The van der Waals surface area contributed by atoms with Gasteiger partial charge in [0.1, 0.15) is 5.69 Å². The lowest BCUT2D eigenvalue weighted by Gasteiger charge is -2.04. The molecule has 0 saturated carbocycles. The van der Waals surface area contributed by atoms with Crippen LogP contribution >= 0.6 is 11.6 Å². The molecule has 0 aliphatic rings. The van der Waals surface area contributed by atoms with E-state index in [-0.39, 0.29) is 5.97 Å². The van der Waals surface area contributed by atoms with Crippen LogP contribution in [0.4, 0.5) is 0 Å². The van der Waals surface area contributed by atoms with Gasteiger partial charge in [0.2, 0.25) is 0 Å². The summed E-state index contributed by atoms with van der Waals surface area (Å²) in [6.07, 6.45) is 2.67. The van der Waals surface area contributed by atoms with E-state index in [0.717, 1.165) is 22.6 Å². The molecule has 0 radical (unpaired) electrons. The summed E-state index contributed by atoms with van der Waals surface area (Å²) in [5.74, 6) is -0.376. The molecule has 0 fully saturated rings. The van der Waals surface area contributed by atoms with Crippen LogP contribution in [0.3, 0.4) is 0 Å². The van der Waals surface area contributed by atoms with Crippen molar-refractivity contribution < 1.29 is 9.53 Å². The Morgan fingerprint density at radius 3 is 2.67 bits per heavy atom. The third-order valence-electron chi connectivity index (χ3n) is 2.91. The summed E-state index contributed by atoms with van der Waals surface area (Å²) in [5.41, 5.74) is 1.32. The van der Waals surface area contributed by atoms with Gasteiger partial charge in [0, 0.05) is 7.05 Å². The molecular formula is C14H18ClNO2. The Bertz CT molecular complexity index is 596. The van der Waals surface area contributed by atoms with Crippen LogP contribution < -0.4 is 10.6 Å². The van der Waals surface area contributed by atoms with Crippen molar-refractivity contribution in [2.75, 3.05) is 7.11 Å². The van der Waals surface area contributed by atoms with E-state index in [4.69, 9.17) is 16.3 Å². The van der Waals surface area contributed by atoms with E-state index in [9.17, 15) is 4.79 Å². The Hall–Kier alpha value is -1.48. The van der Waals surface area contributed by atoms with Gasteiger partial charge in [-0.1, -0.05) is 31.2 Å². The minimum atomic E-state index is -0.376. The summed E-state index contributed by atoms with van der Waals surface area (Å²) in [6.45, 7) is 7.82. The van der Waals surface area contributed by atoms with Gasteiger partial charge in [0.15, 0.2) is 0 Å². The van der Waals surface area contributed by atoms with Crippen LogP contribution in [-0.4, -0.2) is 17.6 Å². The third-order valence-corrected chi connectivity index (χ3v) is 3.36. The molecule has 0 atom stereocenters. The molecule has 0 aliphatic carbocycles. The van der Waals surface area contributed by atoms with Crippen molar-refractivity contribution in [3.05, 3.63) is 34.5 Å². The van der Waals surface area contributed by atoms with E-state index in [2.05, 4.69) is 6.58 Å². The summed E-state index contributed by atoms with van der Waals surface area (Å²) in [5, 5.41) is 2.28. The molecule has 0 aliphatic heterocycles. The standard InChI is InChI=1S/C14H18ClNO2/c1-6-9(3)12(15)13-10(7-2)8-11(16(13)4)14(17)18-5/h7-8H,3,6H2,1-2,4-5H3/b10-7-,13-12-. The Morgan fingerprint density at radius 2 is 2.22 bits per heavy atom. The zero-order valence-electron chi connectivity index (χ0n) is 11.2.